The molecule has 102 heavy (non-hydrogen) atoms. The Morgan fingerprint density at radius 1 is 0.304 bits per heavy atom. The molecule has 0 radical (unpaired) electrons. The molecule has 0 fully saturated rings. The van der Waals surface area contributed by atoms with Gasteiger partial charge in [0.2, 0.25) is 0 Å². The number of phosphoric acid groups is 1. The lowest BCUT2D eigenvalue weighted by Gasteiger charge is -2.28. The van der Waals surface area contributed by atoms with Crippen molar-refractivity contribution in [2.45, 2.75) is 290 Å². The number of hydrogen-bond acceptors (Lipinski definition) is 8. The minimum Gasteiger partial charge on any atom is -0.756 e. The van der Waals surface area contributed by atoms with Gasteiger partial charge in [-0.15, -0.1) is 0 Å². The molecule has 0 saturated heterocycles. The Kier molecular flexibility index (Phi) is 74.6. The predicted molar refractivity (Wildman–Crippen MR) is 442 cm³/mol. The summed E-state index contributed by atoms with van der Waals surface area (Å²) >= 11 is 0. The van der Waals surface area contributed by atoms with Crippen molar-refractivity contribution in [2.24, 2.45) is 0 Å². The van der Waals surface area contributed by atoms with Gasteiger partial charge in [0.05, 0.1) is 27.7 Å². The minimum atomic E-state index is -4.67. The van der Waals surface area contributed by atoms with E-state index in [0.717, 1.165) is 173 Å². The summed E-state index contributed by atoms with van der Waals surface area (Å²) in [5, 5.41) is 0. The van der Waals surface area contributed by atoms with Crippen LogP contribution in [0.1, 0.15) is 284 Å². The molecule has 0 aliphatic heterocycles. The molecule has 0 spiro atoms. The summed E-state index contributed by atoms with van der Waals surface area (Å²) in [5.74, 6) is -0.859. The lowest BCUT2D eigenvalue weighted by atomic mass is 10.0. The number of carbonyl (C=O) groups excluding carboxylic acids is 2. The average molecular weight is 1430 g/mol. The van der Waals surface area contributed by atoms with E-state index in [1.165, 1.54) is 70.6 Å². The molecule has 0 N–H and O–H groups in total. The van der Waals surface area contributed by atoms with E-state index in [0.29, 0.717) is 23.9 Å². The Hall–Kier alpha value is -5.93. The molecule has 572 valence electrons. The van der Waals surface area contributed by atoms with Gasteiger partial charge in [0.15, 0.2) is 6.10 Å². The van der Waals surface area contributed by atoms with Gasteiger partial charge in [0, 0.05) is 12.8 Å². The van der Waals surface area contributed by atoms with Crippen molar-refractivity contribution in [1.82, 2.24) is 0 Å². The molecule has 0 bridgehead atoms. The van der Waals surface area contributed by atoms with E-state index in [4.69, 9.17) is 18.5 Å². The van der Waals surface area contributed by atoms with Crippen molar-refractivity contribution in [3.05, 3.63) is 231 Å². The first-order chi connectivity index (χ1) is 50.0. The number of nitrogens with zero attached hydrogens (tertiary/aromatic N) is 1. The molecule has 0 aliphatic carbocycles. The fourth-order valence-electron chi connectivity index (χ4n) is 10.1. The molecule has 2 atom stereocenters. The van der Waals surface area contributed by atoms with Crippen LogP contribution in [0.15, 0.2) is 231 Å². The van der Waals surface area contributed by atoms with Gasteiger partial charge in [0.1, 0.15) is 19.8 Å². The number of ether oxygens (including phenoxy) is 2. The number of rotatable bonds is 71. The molecular formula is C92H146NO8P. The van der Waals surface area contributed by atoms with Crippen molar-refractivity contribution >= 4 is 19.8 Å². The first-order valence-electron chi connectivity index (χ1n) is 40.1. The summed E-state index contributed by atoms with van der Waals surface area (Å²) in [4.78, 5) is 38.2. The van der Waals surface area contributed by atoms with Crippen molar-refractivity contribution < 1.29 is 42.1 Å². The topological polar surface area (TPSA) is 111 Å². The van der Waals surface area contributed by atoms with Gasteiger partial charge in [-0.05, 0) is 161 Å². The number of phosphoric ester groups is 1. The summed E-state index contributed by atoms with van der Waals surface area (Å²) in [7, 11) is 1.13. The highest BCUT2D eigenvalue weighted by molar-refractivity contribution is 7.45. The molecule has 0 saturated carbocycles. The number of allylic oxidation sites excluding steroid dienone is 38. The predicted octanol–water partition coefficient (Wildman–Crippen LogP) is 26.6. The Labute approximate surface area is 626 Å². The quantitative estimate of drug-likeness (QED) is 0.0195. The zero-order valence-electron chi connectivity index (χ0n) is 65.2. The lowest BCUT2D eigenvalue weighted by molar-refractivity contribution is -0.870. The van der Waals surface area contributed by atoms with Crippen LogP contribution < -0.4 is 4.89 Å². The summed E-state index contributed by atoms with van der Waals surface area (Å²) in [6, 6.07) is 0. The molecule has 2 unspecified atom stereocenters. The van der Waals surface area contributed by atoms with Crippen LogP contribution >= 0.6 is 7.82 Å². The van der Waals surface area contributed by atoms with Crippen LogP contribution in [-0.4, -0.2) is 70.0 Å². The Morgan fingerprint density at radius 2 is 0.529 bits per heavy atom. The zero-order chi connectivity index (χ0) is 74.0. The van der Waals surface area contributed by atoms with E-state index in [-0.39, 0.29) is 26.1 Å². The summed E-state index contributed by atoms with van der Waals surface area (Å²) in [6.07, 6.45) is 127. The maximum atomic E-state index is 12.9. The van der Waals surface area contributed by atoms with Crippen molar-refractivity contribution in [1.29, 1.82) is 0 Å². The third-order valence-electron chi connectivity index (χ3n) is 16.2. The third-order valence-corrected chi connectivity index (χ3v) is 17.1. The highest BCUT2D eigenvalue weighted by Crippen LogP contribution is 2.38. The molecule has 9 nitrogen and oxygen atoms in total. The van der Waals surface area contributed by atoms with E-state index in [1.54, 1.807) is 0 Å². The number of hydrogen-bond donors (Lipinski definition) is 0. The Bertz CT molecular complexity index is 2580. The van der Waals surface area contributed by atoms with E-state index in [9.17, 15) is 19.0 Å². The van der Waals surface area contributed by atoms with Gasteiger partial charge in [-0.1, -0.05) is 341 Å². The van der Waals surface area contributed by atoms with Crippen LogP contribution in [0.4, 0.5) is 0 Å². The monoisotopic (exact) mass is 1420 g/mol. The van der Waals surface area contributed by atoms with E-state index in [2.05, 4.69) is 245 Å². The molecular weight excluding hydrogens is 1280 g/mol. The number of esters is 2. The molecule has 0 heterocycles. The molecule has 10 heteroatoms. The molecule has 0 aromatic heterocycles. The van der Waals surface area contributed by atoms with E-state index >= 15 is 0 Å². The van der Waals surface area contributed by atoms with E-state index in [1.807, 2.05) is 21.1 Å². The Morgan fingerprint density at radius 3 is 0.784 bits per heavy atom. The number of unbranched alkanes of at least 4 members (excludes halogenated alkanes) is 19. The Balaban J connectivity index is 4.11. The van der Waals surface area contributed by atoms with Gasteiger partial charge in [-0.3, -0.25) is 14.2 Å². The van der Waals surface area contributed by atoms with Gasteiger partial charge in [-0.2, -0.15) is 0 Å². The molecule has 0 aromatic carbocycles. The number of carbonyl (C=O) groups is 2. The number of quaternary nitrogens is 1. The molecule has 0 rings (SSSR count). The maximum Gasteiger partial charge on any atom is 0.306 e. The average Bonchev–Trinajstić information content (AvgIpc) is 0.914. The SMILES string of the molecule is CC/C=C\C/C=C\C/C=C\C/C=C\C/C=C\C/C=C\C/C=C\C/C=C\C/C=C\C/C=C\CCCCCCCCCCC(=O)OC(COC(=O)CCCCCCCCCCCCC/C=C\C/C=C\C/C=C\C/C=C\C/C=C\C/C=C\C/C=C\C/C=C\C/C=C\CC)COP(=O)([O-])OCC[N+](C)(C)C. The highest BCUT2D eigenvalue weighted by Gasteiger charge is 2.22. The third kappa shape index (κ3) is 83.0. The molecule has 0 amide bonds. The largest absolute Gasteiger partial charge is 0.756 e. The maximum absolute atomic E-state index is 12.9. The smallest absolute Gasteiger partial charge is 0.306 e. The van der Waals surface area contributed by atoms with Crippen molar-refractivity contribution in [3.8, 4) is 0 Å². The van der Waals surface area contributed by atoms with Crippen LogP contribution in [-0.2, 0) is 32.7 Å². The van der Waals surface area contributed by atoms with Gasteiger partial charge in [0.25, 0.3) is 7.82 Å². The van der Waals surface area contributed by atoms with Gasteiger partial charge >= 0.3 is 11.9 Å². The first kappa shape index (κ1) is 96.1. The molecule has 0 aliphatic rings. The van der Waals surface area contributed by atoms with Crippen LogP contribution in [0.3, 0.4) is 0 Å². The van der Waals surface area contributed by atoms with Crippen molar-refractivity contribution in [2.75, 3.05) is 47.5 Å². The fraction of sp³-hybridized carbons (Fsp3) is 0.565. The fourth-order valence-corrected chi connectivity index (χ4v) is 10.9. The normalized spacial score (nSPS) is 14.3. The second kappa shape index (κ2) is 79.2. The van der Waals surface area contributed by atoms with Crippen LogP contribution in [0, 0.1) is 0 Å². The second-order valence-electron chi connectivity index (χ2n) is 27.0. The van der Waals surface area contributed by atoms with Crippen LogP contribution in [0.25, 0.3) is 0 Å². The van der Waals surface area contributed by atoms with Gasteiger partial charge in [-0.25, -0.2) is 0 Å². The summed E-state index contributed by atoms with van der Waals surface area (Å²) in [5.41, 5.74) is 0. The summed E-state index contributed by atoms with van der Waals surface area (Å²) < 4.78 is 34.4. The first-order valence-corrected chi connectivity index (χ1v) is 41.6. The van der Waals surface area contributed by atoms with Crippen LogP contribution in [0.5, 0.6) is 0 Å². The number of likely N-dealkylation sites (N-methyl/N-ethyl adjacent to an activating group) is 1. The van der Waals surface area contributed by atoms with Crippen molar-refractivity contribution in [3.63, 3.8) is 0 Å². The second-order valence-corrected chi connectivity index (χ2v) is 28.4. The lowest BCUT2D eigenvalue weighted by Crippen LogP contribution is -2.37. The summed E-state index contributed by atoms with van der Waals surface area (Å²) in [6.45, 7) is 3.98. The zero-order valence-corrected chi connectivity index (χ0v) is 66.1. The van der Waals surface area contributed by atoms with Crippen LogP contribution in [0.2, 0.25) is 0 Å². The van der Waals surface area contributed by atoms with E-state index < -0.39 is 32.5 Å². The standard InChI is InChI=1S/C92H146NO8P/c1-6-8-10-12-14-16-18-20-22-24-26-28-30-32-34-36-38-40-42-44-46-48-50-52-54-56-58-60-62-64-66-68-70-72-74-76-78-80-82-84-91(94)98-88-90(89-100-102(96,97)99-87-86-93(3,4)5)101-92(95)85-83-81-79-77-75-73-71-69-67-65-63-61-59-57-55-53-51-49-47-45-43-41-39-37-35-33-31-29-27-25-23-21-19-17-15-13-11-9-7-2/h8-11,14-17,20-23,26-29,32-35,38-41,44-47,50-53,56-59,63,65,90H,6-7,12-13,18-19,24-25,30-31,36-37,42-43,48-49,54-55,60-62,64,66-89H2,1-5H3/b10-8-,11-9-,16-14-,17-15-,22-20-,23-21-,28-26-,29-27-,34-32-,35-33-,40-38-,41-39-,46-44-,47-45-,52-50-,53-51-,58-56-,59-57-,65-63-. The minimum absolute atomic E-state index is 0.0444. The molecule has 0 aromatic rings. The van der Waals surface area contributed by atoms with Gasteiger partial charge < -0.3 is 27.9 Å². The highest BCUT2D eigenvalue weighted by atomic mass is 31.2.